The minimum absolute atomic E-state index is 0.152. The molecule has 0 saturated carbocycles. The second-order valence-corrected chi connectivity index (χ2v) is 4.16. The predicted molar refractivity (Wildman–Crippen MR) is 65.3 cm³/mol. The fraction of sp³-hybridized carbons (Fsp3) is 0.333. The lowest BCUT2D eigenvalue weighted by atomic mass is 9.94. The van der Waals surface area contributed by atoms with Crippen LogP contribution in [0.25, 0.3) is 11.4 Å². The Morgan fingerprint density at radius 1 is 1.47 bits per heavy atom. The third-order valence-corrected chi connectivity index (χ3v) is 3.00. The van der Waals surface area contributed by atoms with Gasteiger partial charge in [0.15, 0.2) is 0 Å². The number of hydrogen-bond acceptors (Lipinski definition) is 7. The summed E-state index contributed by atoms with van der Waals surface area (Å²) in [6, 6.07) is 0. The van der Waals surface area contributed by atoms with Crippen molar-refractivity contribution >= 4 is 11.9 Å². The second kappa shape index (κ2) is 4.34. The van der Waals surface area contributed by atoms with Crippen molar-refractivity contribution in [1.82, 2.24) is 15.1 Å². The molecule has 19 heavy (non-hydrogen) atoms. The average Bonchev–Trinajstić information content (AvgIpc) is 2.83. The van der Waals surface area contributed by atoms with Crippen LogP contribution in [0, 0.1) is 0 Å². The average molecular weight is 260 g/mol. The lowest BCUT2D eigenvalue weighted by Crippen LogP contribution is -2.11. The number of aryl methyl sites for hydroxylation is 1. The molecule has 0 bridgehead atoms. The Bertz CT molecular complexity index is 650. The molecule has 0 atom stereocenters. The minimum atomic E-state index is -0.498. The summed E-state index contributed by atoms with van der Waals surface area (Å²) in [6.07, 6.45) is 3.04. The number of fused-ring (bicyclic) bond motifs is 3. The summed E-state index contributed by atoms with van der Waals surface area (Å²) in [5, 5.41) is 3.92. The number of rotatable bonds is 2. The Labute approximate surface area is 108 Å². The lowest BCUT2D eigenvalue weighted by molar-refractivity contribution is 0.0478. The van der Waals surface area contributed by atoms with Crippen molar-refractivity contribution in [3.05, 3.63) is 23.1 Å². The molecule has 2 aromatic heterocycles. The normalized spacial score (nSPS) is 12.7. The molecule has 0 saturated heterocycles. The van der Waals surface area contributed by atoms with Gasteiger partial charge in [-0.15, -0.1) is 0 Å². The maximum atomic E-state index is 11.7. The largest absolute Gasteiger partial charge is 0.460 e. The number of carbonyl (C=O) groups is 1. The number of hydrogen-bond donors (Lipinski definition) is 1. The second-order valence-electron chi connectivity index (χ2n) is 4.16. The van der Waals surface area contributed by atoms with Crippen molar-refractivity contribution in [2.75, 3.05) is 12.3 Å². The summed E-state index contributed by atoms with van der Waals surface area (Å²) in [5.74, 6) is -0.173. The molecule has 2 N–H and O–H groups in total. The van der Waals surface area contributed by atoms with Gasteiger partial charge in [0.2, 0.25) is 11.7 Å². The zero-order chi connectivity index (χ0) is 13.4. The fourth-order valence-corrected chi connectivity index (χ4v) is 2.15. The van der Waals surface area contributed by atoms with Gasteiger partial charge in [0.05, 0.1) is 6.61 Å². The van der Waals surface area contributed by atoms with Crippen LogP contribution in [0.1, 0.15) is 28.6 Å². The van der Waals surface area contributed by atoms with Gasteiger partial charge in [-0.1, -0.05) is 5.16 Å². The first-order valence-corrected chi connectivity index (χ1v) is 5.98. The third-order valence-electron chi connectivity index (χ3n) is 3.00. The molecular formula is C12H12N4O3. The van der Waals surface area contributed by atoms with Crippen molar-refractivity contribution in [3.8, 4) is 11.4 Å². The van der Waals surface area contributed by atoms with Gasteiger partial charge in [0.25, 0.3) is 0 Å². The number of anilines is 1. The van der Waals surface area contributed by atoms with Gasteiger partial charge in [-0.3, -0.25) is 0 Å². The topological polar surface area (TPSA) is 104 Å². The molecule has 0 radical (unpaired) electrons. The van der Waals surface area contributed by atoms with Crippen LogP contribution in [0.15, 0.2) is 10.7 Å². The summed E-state index contributed by atoms with van der Waals surface area (Å²) < 4.78 is 10.0. The van der Waals surface area contributed by atoms with Crippen LogP contribution in [0.5, 0.6) is 0 Å². The van der Waals surface area contributed by atoms with E-state index in [1.54, 1.807) is 13.1 Å². The molecular weight excluding hydrogens is 248 g/mol. The standard InChI is InChI=1S/C12H12N4O3/c1-2-18-11(17)10-7-4-3-6-5-14-12(13)15-8(6)9(7)16-19-10/h5H,2-4H2,1H3,(H2,13,14,15). The molecule has 98 valence electrons. The summed E-state index contributed by atoms with van der Waals surface area (Å²) >= 11 is 0. The highest BCUT2D eigenvalue weighted by molar-refractivity contribution is 5.90. The van der Waals surface area contributed by atoms with E-state index in [2.05, 4.69) is 15.1 Å². The quantitative estimate of drug-likeness (QED) is 0.803. The van der Waals surface area contributed by atoms with Gasteiger partial charge in [-0.2, -0.15) is 0 Å². The Morgan fingerprint density at radius 2 is 2.32 bits per heavy atom. The van der Waals surface area contributed by atoms with E-state index < -0.39 is 5.97 Å². The molecule has 0 aromatic carbocycles. The summed E-state index contributed by atoms with van der Waals surface area (Å²) in [6.45, 7) is 2.03. The molecule has 0 unspecified atom stereocenters. The van der Waals surface area contributed by atoms with Crippen molar-refractivity contribution in [2.45, 2.75) is 19.8 Å². The van der Waals surface area contributed by atoms with E-state index in [1.165, 1.54) is 0 Å². The van der Waals surface area contributed by atoms with Crippen molar-refractivity contribution < 1.29 is 14.1 Å². The van der Waals surface area contributed by atoms with E-state index >= 15 is 0 Å². The monoisotopic (exact) mass is 260 g/mol. The molecule has 1 aliphatic rings. The van der Waals surface area contributed by atoms with Crippen LogP contribution in [0.2, 0.25) is 0 Å². The number of aromatic nitrogens is 3. The summed E-state index contributed by atoms with van der Waals surface area (Å²) in [4.78, 5) is 19.9. The highest BCUT2D eigenvalue weighted by Gasteiger charge is 2.29. The van der Waals surface area contributed by atoms with E-state index in [0.29, 0.717) is 24.4 Å². The number of nitrogen functional groups attached to an aromatic ring is 1. The van der Waals surface area contributed by atoms with Crippen LogP contribution >= 0.6 is 0 Å². The summed E-state index contributed by atoms with van der Waals surface area (Å²) in [7, 11) is 0. The van der Waals surface area contributed by atoms with Crippen LogP contribution in [-0.2, 0) is 17.6 Å². The fourth-order valence-electron chi connectivity index (χ4n) is 2.15. The smallest absolute Gasteiger partial charge is 0.377 e. The molecule has 0 spiro atoms. The van der Waals surface area contributed by atoms with Crippen molar-refractivity contribution in [2.24, 2.45) is 0 Å². The maximum Gasteiger partial charge on any atom is 0.377 e. The minimum Gasteiger partial charge on any atom is -0.460 e. The molecule has 2 heterocycles. The molecule has 7 heteroatoms. The zero-order valence-electron chi connectivity index (χ0n) is 10.3. The predicted octanol–water partition coefficient (Wildman–Crippen LogP) is 0.989. The van der Waals surface area contributed by atoms with Gasteiger partial charge in [-0.25, -0.2) is 14.8 Å². The van der Waals surface area contributed by atoms with Crippen molar-refractivity contribution in [1.29, 1.82) is 0 Å². The summed E-state index contributed by atoms with van der Waals surface area (Å²) in [5.41, 5.74) is 8.44. The number of nitrogens with zero attached hydrogens (tertiary/aromatic N) is 3. The van der Waals surface area contributed by atoms with E-state index in [-0.39, 0.29) is 11.7 Å². The zero-order valence-corrected chi connectivity index (χ0v) is 10.3. The first-order valence-electron chi connectivity index (χ1n) is 5.98. The lowest BCUT2D eigenvalue weighted by Gasteiger charge is -2.13. The maximum absolute atomic E-state index is 11.7. The van der Waals surface area contributed by atoms with Crippen LogP contribution in [-0.4, -0.2) is 27.7 Å². The first kappa shape index (κ1) is 11.6. The van der Waals surface area contributed by atoms with Crippen LogP contribution < -0.4 is 5.73 Å². The van der Waals surface area contributed by atoms with Gasteiger partial charge in [0.1, 0.15) is 11.4 Å². The van der Waals surface area contributed by atoms with Gasteiger partial charge >= 0.3 is 5.97 Å². The number of esters is 1. The van der Waals surface area contributed by atoms with E-state index in [1.807, 2.05) is 0 Å². The number of carbonyl (C=O) groups excluding carboxylic acids is 1. The SMILES string of the molecule is CCOC(=O)c1onc2c1CCc1cnc(N)nc1-2. The van der Waals surface area contributed by atoms with Gasteiger partial charge < -0.3 is 15.0 Å². The Kier molecular flexibility index (Phi) is 2.66. The molecule has 1 aliphatic carbocycles. The third kappa shape index (κ3) is 1.83. The molecule has 0 aliphatic heterocycles. The Morgan fingerprint density at radius 3 is 3.11 bits per heavy atom. The van der Waals surface area contributed by atoms with E-state index in [4.69, 9.17) is 15.0 Å². The molecule has 7 nitrogen and oxygen atoms in total. The molecule has 2 aromatic rings. The molecule has 0 fully saturated rings. The molecule has 3 rings (SSSR count). The Hall–Kier alpha value is -2.44. The highest BCUT2D eigenvalue weighted by Crippen LogP contribution is 2.33. The Balaban J connectivity index is 2.09. The number of nitrogens with two attached hydrogens (primary N) is 1. The van der Waals surface area contributed by atoms with Crippen molar-refractivity contribution in [3.63, 3.8) is 0 Å². The van der Waals surface area contributed by atoms with E-state index in [0.717, 1.165) is 17.5 Å². The van der Waals surface area contributed by atoms with Crippen LogP contribution in [0.4, 0.5) is 5.95 Å². The van der Waals surface area contributed by atoms with Gasteiger partial charge in [-0.05, 0) is 25.3 Å². The number of ether oxygens (including phenoxy) is 1. The first-order chi connectivity index (χ1) is 9.20. The van der Waals surface area contributed by atoms with Crippen LogP contribution in [0.3, 0.4) is 0 Å². The molecule has 0 amide bonds. The van der Waals surface area contributed by atoms with Gasteiger partial charge in [0, 0.05) is 11.8 Å². The highest BCUT2D eigenvalue weighted by atomic mass is 16.6. The van der Waals surface area contributed by atoms with E-state index in [9.17, 15) is 4.79 Å².